The van der Waals surface area contributed by atoms with Crippen molar-refractivity contribution in [3.8, 4) is 0 Å². The maximum Gasteiger partial charge on any atom is 0.235 e. The molecule has 0 atom stereocenters. The van der Waals surface area contributed by atoms with Gasteiger partial charge in [-0.25, -0.2) is 4.98 Å². The number of carbonyl (C=O) groups is 1. The third-order valence-corrected chi connectivity index (χ3v) is 5.73. The van der Waals surface area contributed by atoms with E-state index in [-0.39, 0.29) is 18.4 Å². The van der Waals surface area contributed by atoms with E-state index in [1.165, 1.54) is 10.3 Å². The number of hydrogen-bond acceptors (Lipinski definition) is 7. The number of hydrogen-bond donors (Lipinski definition) is 1. The number of benzene rings is 1. The summed E-state index contributed by atoms with van der Waals surface area (Å²) in [5.41, 5.74) is 2.30. The normalized spacial score (nSPS) is 15.5. The molecule has 0 aliphatic carbocycles. The van der Waals surface area contributed by atoms with Crippen molar-refractivity contribution >= 4 is 32.6 Å². The second-order valence-electron chi connectivity index (χ2n) is 6.66. The molecule has 26 heavy (non-hydrogen) atoms. The lowest BCUT2D eigenvalue weighted by molar-refractivity contribution is -0.125. The van der Waals surface area contributed by atoms with Gasteiger partial charge in [0, 0.05) is 25.9 Å². The van der Waals surface area contributed by atoms with Crippen LogP contribution >= 0.6 is 11.3 Å². The molecular formula is C18H21N5O2S. The third kappa shape index (κ3) is 3.55. The number of aromatic nitrogens is 3. The molecule has 3 aromatic rings. The van der Waals surface area contributed by atoms with Crippen molar-refractivity contribution in [3.05, 3.63) is 35.5 Å². The van der Waals surface area contributed by atoms with Crippen molar-refractivity contribution < 1.29 is 9.21 Å². The van der Waals surface area contributed by atoms with E-state index in [1.54, 1.807) is 18.3 Å². The lowest BCUT2D eigenvalue weighted by Gasteiger charge is -2.30. The molecule has 136 valence electrons. The molecule has 8 heteroatoms. The second-order valence-corrected chi connectivity index (χ2v) is 7.67. The zero-order valence-corrected chi connectivity index (χ0v) is 15.7. The number of nitrogens with one attached hydrogen (secondary N) is 1. The molecule has 3 heterocycles. The second kappa shape index (κ2) is 7.03. The highest BCUT2D eigenvalue weighted by Crippen LogP contribution is 2.32. The monoisotopic (exact) mass is 371 g/mol. The Hall–Kier alpha value is -2.48. The summed E-state index contributed by atoms with van der Waals surface area (Å²) >= 11 is 1.72. The molecule has 0 unspecified atom stereocenters. The van der Waals surface area contributed by atoms with Gasteiger partial charge in [0.1, 0.15) is 0 Å². The number of thiazole rings is 1. The number of aryl methyl sites for hydroxylation is 2. The van der Waals surface area contributed by atoms with Crippen molar-refractivity contribution in [1.29, 1.82) is 0 Å². The number of rotatable bonds is 4. The number of carbonyl (C=O) groups excluding carboxylic acids is 1. The molecule has 0 radical (unpaired) electrons. The molecule has 1 aromatic carbocycles. The minimum atomic E-state index is 0.0203. The van der Waals surface area contributed by atoms with Crippen molar-refractivity contribution in [1.82, 2.24) is 20.5 Å². The van der Waals surface area contributed by atoms with E-state index in [0.717, 1.165) is 36.6 Å². The standard InChI is InChI=1S/C18H21N5O2S/c1-11-3-4-14-15(9-11)26-18(20-14)23-7-5-13(6-8-23)17(24)19-10-16-22-21-12(2)25-16/h3-4,9,13H,5-8,10H2,1-2H3,(H,19,24). The maximum absolute atomic E-state index is 12.4. The molecule has 1 amide bonds. The van der Waals surface area contributed by atoms with Gasteiger partial charge in [0.25, 0.3) is 0 Å². The van der Waals surface area contributed by atoms with Crippen LogP contribution < -0.4 is 10.2 Å². The number of fused-ring (bicyclic) bond motifs is 1. The molecule has 1 aliphatic rings. The van der Waals surface area contributed by atoms with Crippen LogP contribution in [0.4, 0.5) is 5.13 Å². The summed E-state index contributed by atoms with van der Waals surface area (Å²) in [6.45, 7) is 5.81. The molecule has 1 saturated heterocycles. The zero-order valence-electron chi connectivity index (χ0n) is 14.9. The molecule has 1 N–H and O–H groups in total. The van der Waals surface area contributed by atoms with Crippen LogP contribution in [0.15, 0.2) is 22.6 Å². The fourth-order valence-electron chi connectivity index (χ4n) is 3.20. The van der Waals surface area contributed by atoms with Gasteiger partial charge in [-0.05, 0) is 37.5 Å². The van der Waals surface area contributed by atoms with Crippen molar-refractivity contribution in [3.63, 3.8) is 0 Å². The van der Waals surface area contributed by atoms with Gasteiger partial charge >= 0.3 is 0 Å². The molecule has 0 saturated carbocycles. The van der Waals surface area contributed by atoms with Gasteiger partial charge in [-0.15, -0.1) is 10.2 Å². The van der Waals surface area contributed by atoms with Crippen LogP contribution in [-0.4, -0.2) is 34.2 Å². The van der Waals surface area contributed by atoms with Crippen LogP contribution in [0.1, 0.15) is 30.2 Å². The Morgan fingerprint density at radius 2 is 2.12 bits per heavy atom. The van der Waals surface area contributed by atoms with Crippen LogP contribution in [0.25, 0.3) is 10.2 Å². The van der Waals surface area contributed by atoms with Crippen LogP contribution in [-0.2, 0) is 11.3 Å². The Bertz CT molecular complexity index is 927. The summed E-state index contributed by atoms with van der Waals surface area (Å²) in [6.07, 6.45) is 1.65. The average Bonchev–Trinajstić information content (AvgIpc) is 3.25. The van der Waals surface area contributed by atoms with Gasteiger partial charge in [-0.3, -0.25) is 4.79 Å². The molecular weight excluding hydrogens is 350 g/mol. The van der Waals surface area contributed by atoms with Gasteiger partial charge in [0.05, 0.1) is 16.8 Å². The quantitative estimate of drug-likeness (QED) is 0.759. The van der Waals surface area contributed by atoms with Crippen LogP contribution in [0.2, 0.25) is 0 Å². The smallest absolute Gasteiger partial charge is 0.235 e. The highest BCUT2D eigenvalue weighted by atomic mass is 32.1. The van der Waals surface area contributed by atoms with Gasteiger partial charge in [-0.2, -0.15) is 0 Å². The van der Waals surface area contributed by atoms with Crippen LogP contribution in [0.5, 0.6) is 0 Å². The third-order valence-electron chi connectivity index (χ3n) is 4.65. The van der Waals surface area contributed by atoms with Gasteiger partial charge < -0.3 is 14.6 Å². The average molecular weight is 371 g/mol. The van der Waals surface area contributed by atoms with Crippen LogP contribution in [0.3, 0.4) is 0 Å². The van der Waals surface area contributed by atoms with E-state index in [9.17, 15) is 4.79 Å². The first-order valence-corrected chi connectivity index (χ1v) is 9.59. The minimum Gasteiger partial charge on any atom is -0.424 e. The van der Waals surface area contributed by atoms with Gasteiger partial charge in [0.2, 0.25) is 17.7 Å². The van der Waals surface area contributed by atoms with E-state index in [2.05, 4.69) is 45.5 Å². The minimum absolute atomic E-state index is 0.0203. The predicted octanol–water partition coefficient (Wildman–Crippen LogP) is 2.83. The highest BCUT2D eigenvalue weighted by molar-refractivity contribution is 7.22. The lowest BCUT2D eigenvalue weighted by Crippen LogP contribution is -2.40. The number of anilines is 1. The van der Waals surface area contributed by atoms with Crippen molar-refractivity contribution in [2.24, 2.45) is 5.92 Å². The Labute approximate surface area is 155 Å². The Kier molecular flexibility index (Phi) is 4.58. The van der Waals surface area contributed by atoms with E-state index < -0.39 is 0 Å². The fraction of sp³-hybridized carbons (Fsp3) is 0.444. The summed E-state index contributed by atoms with van der Waals surface area (Å²) in [4.78, 5) is 19.4. The first-order chi connectivity index (χ1) is 12.6. The zero-order chi connectivity index (χ0) is 18.1. The van der Waals surface area contributed by atoms with E-state index in [1.807, 2.05) is 0 Å². The number of amides is 1. The molecule has 1 aliphatic heterocycles. The van der Waals surface area contributed by atoms with Gasteiger partial charge in [-0.1, -0.05) is 17.4 Å². The van der Waals surface area contributed by atoms with Crippen molar-refractivity contribution in [2.45, 2.75) is 33.2 Å². The number of nitrogens with zero attached hydrogens (tertiary/aromatic N) is 4. The first kappa shape index (κ1) is 17.0. The lowest BCUT2D eigenvalue weighted by atomic mass is 9.96. The summed E-state index contributed by atoms with van der Waals surface area (Å²) in [5.74, 6) is 1.03. The summed E-state index contributed by atoms with van der Waals surface area (Å²) in [6, 6.07) is 6.34. The molecule has 7 nitrogen and oxygen atoms in total. The highest BCUT2D eigenvalue weighted by Gasteiger charge is 2.26. The van der Waals surface area contributed by atoms with Gasteiger partial charge in [0.15, 0.2) is 5.13 Å². The summed E-state index contributed by atoms with van der Waals surface area (Å²) in [7, 11) is 0. The topological polar surface area (TPSA) is 84.2 Å². The van der Waals surface area contributed by atoms with E-state index >= 15 is 0 Å². The Balaban J connectivity index is 1.33. The first-order valence-electron chi connectivity index (χ1n) is 8.77. The molecule has 0 bridgehead atoms. The molecule has 1 fully saturated rings. The Morgan fingerprint density at radius 1 is 1.31 bits per heavy atom. The largest absolute Gasteiger partial charge is 0.424 e. The SMILES string of the molecule is Cc1ccc2nc(N3CCC(C(=O)NCc4nnc(C)o4)CC3)sc2c1. The number of piperidine rings is 1. The summed E-state index contributed by atoms with van der Waals surface area (Å²) < 4.78 is 6.50. The molecule has 0 spiro atoms. The maximum atomic E-state index is 12.4. The Morgan fingerprint density at radius 3 is 2.85 bits per heavy atom. The van der Waals surface area contributed by atoms with Crippen molar-refractivity contribution in [2.75, 3.05) is 18.0 Å². The van der Waals surface area contributed by atoms with Crippen LogP contribution in [0, 0.1) is 19.8 Å². The fourth-order valence-corrected chi connectivity index (χ4v) is 4.32. The molecule has 2 aromatic heterocycles. The summed E-state index contributed by atoms with van der Waals surface area (Å²) in [5, 5.41) is 11.6. The van der Waals surface area contributed by atoms with E-state index in [0.29, 0.717) is 11.8 Å². The predicted molar refractivity (Wildman–Crippen MR) is 100 cm³/mol. The molecule has 4 rings (SSSR count). The van der Waals surface area contributed by atoms with E-state index in [4.69, 9.17) is 9.40 Å².